The van der Waals surface area contributed by atoms with Gasteiger partial charge in [-0.25, -0.2) is 0 Å². The van der Waals surface area contributed by atoms with E-state index in [2.05, 4.69) is 39.0 Å². The van der Waals surface area contributed by atoms with Crippen LogP contribution in [0, 0.1) is 6.92 Å². The van der Waals surface area contributed by atoms with Gasteiger partial charge in [-0.3, -0.25) is 0 Å². The monoisotopic (exact) mass is 220 g/mol. The van der Waals surface area contributed by atoms with Crippen LogP contribution in [0.15, 0.2) is 36.4 Å². The van der Waals surface area contributed by atoms with Crippen LogP contribution in [0.25, 0.3) is 10.8 Å². The van der Waals surface area contributed by atoms with E-state index in [4.69, 9.17) is 11.6 Å². The average molecular weight is 221 g/mol. The Kier molecular flexibility index (Phi) is 4.64. The smallest absolute Gasteiger partial charge is 0.0487 e. The van der Waals surface area contributed by atoms with E-state index in [1.165, 1.54) is 22.8 Å². The van der Waals surface area contributed by atoms with Gasteiger partial charge in [0.2, 0.25) is 0 Å². The maximum Gasteiger partial charge on any atom is 0.0487 e. The summed E-state index contributed by atoms with van der Waals surface area (Å²) >= 11 is 6.06. The van der Waals surface area contributed by atoms with E-state index in [0.717, 1.165) is 5.02 Å². The van der Waals surface area contributed by atoms with Gasteiger partial charge in [0, 0.05) is 10.4 Å². The molecule has 0 atom stereocenters. The fourth-order valence-electron chi connectivity index (χ4n) is 1.48. The molecule has 0 amide bonds. The molecule has 0 aliphatic rings. The van der Waals surface area contributed by atoms with Crippen molar-refractivity contribution in [1.29, 1.82) is 0 Å². The largest absolute Gasteiger partial charge is 0.0837 e. The van der Waals surface area contributed by atoms with E-state index < -0.39 is 0 Å². The highest BCUT2D eigenvalue weighted by Gasteiger charge is 1.99. The highest BCUT2D eigenvalue weighted by atomic mass is 35.5. The van der Waals surface area contributed by atoms with Crippen LogP contribution in [-0.4, -0.2) is 0 Å². The van der Waals surface area contributed by atoms with Gasteiger partial charge in [0.05, 0.1) is 0 Å². The van der Waals surface area contributed by atoms with Crippen LogP contribution in [0.4, 0.5) is 0 Å². The third kappa shape index (κ3) is 2.97. The zero-order chi connectivity index (χ0) is 11.3. The van der Waals surface area contributed by atoms with Crippen LogP contribution < -0.4 is 0 Å². The molecule has 0 saturated carbocycles. The van der Waals surface area contributed by atoms with Crippen molar-refractivity contribution in [2.75, 3.05) is 0 Å². The molecule has 0 fully saturated rings. The summed E-state index contributed by atoms with van der Waals surface area (Å²) in [5, 5.41) is 3.22. The van der Waals surface area contributed by atoms with Crippen LogP contribution >= 0.6 is 11.6 Å². The Bertz CT molecular complexity index is 396. The van der Waals surface area contributed by atoms with E-state index in [1.54, 1.807) is 0 Å². The molecule has 0 aliphatic heterocycles. The van der Waals surface area contributed by atoms with Gasteiger partial charge in [-0.2, -0.15) is 0 Å². The molecule has 2 aromatic rings. The van der Waals surface area contributed by atoms with E-state index in [-0.39, 0.29) is 0 Å². The topological polar surface area (TPSA) is 0 Å². The summed E-state index contributed by atoms with van der Waals surface area (Å²) in [6, 6.07) is 12.2. The van der Waals surface area contributed by atoms with Crippen LogP contribution in [0.2, 0.25) is 5.02 Å². The fraction of sp³-hybridized carbons (Fsp3) is 0.286. The predicted molar refractivity (Wildman–Crippen MR) is 69.7 cm³/mol. The lowest BCUT2D eigenvalue weighted by molar-refractivity contribution is 1.09. The van der Waals surface area contributed by atoms with Crippen LogP contribution in [-0.2, 0) is 0 Å². The van der Waals surface area contributed by atoms with Crippen molar-refractivity contribution in [3.8, 4) is 0 Å². The normalized spacial score (nSPS) is 9.60. The molecule has 0 aliphatic carbocycles. The van der Waals surface area contributed by atoms with Gasteiger partial charge in [-0.15, -0.1) is 0 Å². The van der Waals surface area contributed by atoms with Gasteiger partial charge in [-0.1, -0.05) is 62.2 Å². The summed E-state index contributed by atoms with van der Waals surface area (Å²) in [6.45, 7) is 6.33. The van der Waals surface area contributed by atoms with Crippen molar-refractivity contribution < 1.29 is 0 Å². The fourth-order valence-corrected chi connectivity index (χ4v) is 1.81. The average Bonchev–Trinajstić information content (AvgIpc) is 2.19. The van der Waals surface area contributed by atoms with Crippen LogP contribution in [0.1, 0.15) is 25.8 Å². The first kappa shape index (κ1) is 12.1. The standard InChI is InChI=1S/C11H9Cl.C3H8/c1-8-4-2-5-9-6-3-7-10(12)11(8)9;1-3-2/h2-7H,1H3;3H2,1-2H3. The summed E-state index contributed by atoms with van der Waals surface area (Å²) in [7, 11) is 0. The first-order valence-corrected chi connectivity index (χ1v) is 5.72. The molecule has 0 spiro atoms. The zero-order valence-corrected chi connectivity index (χ0v) is 10.3. The minimum Gasteiger partial charge on any atom is -0.0837 e. The highest BCUT2D eigenvalue weighted by Crippen LogP contribution is 2.25. The molecule has 0 saturated heterocycles. The molecule has 80 valence electrons. The Morgan fingerprint density at radius 1 is 1.00 bits per heavy atom. The van der Waals surface area contributed by atoms with E-state index in [1.807, 2.05) is 18.2 Å². The Labute approximate surface area is 96.9 Å². The predicted octanol–water partition coefficient (Wildman–Crippen LogP) is 5.22. The molecular formula is C14H17Cl. The second-order valence-electron chi connectivity index (χ2n) is 3.62. The summed E-state index contributed by atoms with van der Waals surface area (Å²) in [5.74, 6) is 0. The number of hydrogen-bond acceptors (Lipinski definition) is 0. The van der Waals surface area contributed by atoms with Crippen molar-refractivity contribution in [2.45, 2.75) is 27.2 Å². The van der Waals surface area contributed by atoms with Gasteiger partial charge in [0.1, 0.15) is 0 Å². The third-order valence-corrected chi connectivity index (χ3v) is 2.38. The molecule has 0 radical (unpaired) electrons. The summed E-state index contributed by atoms with van der Waals surface area (Å²) in [6.07, 6.45) is 1.25. The van der Waals surface area contributed by atoms with Crippen molar-refractivity contribution >= 4 is 22.4 Å². The highest BCUT2D eigenvalue weighted by molar-refractivity contribution is 6.35. The Balaban J connectivity index is 0.000000337. The Hall–Kier alpha value is -1.01. The Morgan fingerprint density at radius 3 is 2.07 bits per heavy atom. The maximum atomic E-state index is 6.06. The second kappa shape index (κ2) is 5.77. The molecule has 0 heterocycles. The molecule has 0 N–H and O–H groups in total. The molecule has 1 heteroatoms. The van der Waals surface area contributed by atoms with E-state index in [9.17, 15) is 0 Å². The SMILES string of the molecule is CCC.Cc1cccc2cccc(Cl)c12. The summed E-state index contributed by atoms with van der Waals surface area (Å²) in [5.41, 5.74) is 1.23. The lowest BCUT2D eigenvalue weighted by Crippen LogP contribution is -1.78. The van der Waals surface area contributed by atoms with Crippen molar-refractivity contribution in [2.24, 2.45) is 0 Å². The lowest BCUT2D eigenvalue weighted by atomic mass is 10.1. The number of hydrogen-bond donors (Lipinski definition) is 0. The molecule has 2 aromatic carbocycles. The molecular weight excluding hydrogens is 204 g/mol. The van der Waals surface area contributed by atoms with Crippen LogP contribution in [0.5, 0.6) is 0 Å². The molecule has 0 unspecified atom stereocenters. The van der Waals surface area contributed by atoms with Crippen molar-refractivity contribution in [3.05, 3.63) is 47.0 Å². The minimum absolute atomic E-state index is 0.839. The number of fused-ring (bicyclic) bond motifs is 1. The molecule has 0 nitrogen and oxygen atoms in total. The summed E-state index contributed by atoms with van der Waals surface area (Å²) in [4.78, 5) is 0. The van der Waals surface area contributed by atoms with Gasteiger partial charge in [0.15, 0.2) is 0 Å². The number of benzene rings is 2. The second-order valence-corrected chi connectivity index (χ2v) is 4.03. The van der Waals surface area contributed by atoms with Gasteiger partial charge >= 0.3 is 0 Å². The van der Waals surface area contributed by atoms with Gasteiger partial charge in [0.25, 0.3) is 0 Å². The summed E-state index contributed by atoms with van der Waals surface area (Å²) < 4.78 is 0. The first-order chi connectivity index (χ1) is 7.20. The third-order valence-electron chi connectivity index (χ3n) is 2.06. The van der Waals surface area contributed by atoms with Crippen LogP contribution in [0.3, 0.4) is 0 Å². The number of halogens is 1. The lowest BCUT2D eigenvalue weighted by Gasteiger charge is -2.02. The minimum atomic E-state index is 0.839. The molecule has 0 aromatic heterocycles. The molecule has 2 rings (SSSR count). The number of aryl methyl sites for hydroxylation is 1. The van der Waals surface area contributed by atoms with E-state index >= 15 is 0 Å². The zero-order valence-electron chi connectivity index (χ0n) is 9.55. The van der Waals surface area contributed by atoms with Crippen molar-refractivity contribution in [3.63, 3.8) is 0 Å². The van der Waals surface area contributed by atoms with Gasteiger partial charge < -0.3 is 0 Å². The first-order valence-electron chi connectivity index (χ1n) is 5.34. The van der Waals surface area contributed by atoms with E-state index in [0.29, 0.717) is 0 Å². The molecule has 0 bridgehead atoms. The Morgan fingerprint density at radius 2 is 1.53 bits per heavy atom. The van der Waals surface area contributed by atoms with Crippen molar-refractivity contribution in [1.82, 2.24) is 0 Å². The molecule has 15 heavy (non-hydrogen) atoms. The number of rotatable bonds is 0. The quantitative estimate of drug-likeness (QED) is 0.571. The maximum absolute atomic E-state index is 6.06. The van der Waals surface area contributed by atoms with Gasteiger partial charge in [-0.05, 0) is 23.9 Å².